The van der Waals surface area contributed by atoms with Gasteiger partial charge in [0.1, 0.15) is 22.8 Å². The quantitative estimate of drug-likeness (QED) is 0.802. The molecule has 2 aromatic heterocycles. The van der Waals surface area contributed by atoms with E-state index in [4.69, 9.17) is 4.42 Å². The van der Waals surface area contributed by atoms with Gasteiger partial charge in [0.2, 0.25) is 0 Å². The normalized spacial score (nSPS) is 10.8. The Labute approximate surface area is 119 Å². The number of rotatable bonds is 3. The van der Waals surface area contributed by atoms with Crippen LogP contribution in [0.5, 0.6) is 0 Å². The summed E-state index contributed by atoms with van der Waals surface area (Å²) in [6.45, 7) is 1.76. The van der Waals surface area contributed by atoms with Gasteiger partial charge in [-0.05, 0) is 37.3 Å². The Morgan fingerprint density at radius 1 is 1.33 bits per heavy atom. The molecule has 3 rings (SSSR count). The van der Waals surface area contributed by atoms with E-state index < -0.39 is 11.8 Å². The molecule has 0 fully saturated rings. The molecule has 0 aliphatic heterocycles. The van der Waals surface area contributed by atoms with Crippen LogP contribution in [0.4, 0.5) is 4.39 Å². The third kappa shape index (κ3) is 2.43. The Morgan fingerprint density at radius 2 is 2.14 bits per heavy atom. The minimum absolute atomic E-state index is 0.00592. The number of hydrogen-bond donors (Lipinski definition) is 1. The van der Waals surface area contributed by atoms with Crippen molar-refractivity contribution in [2.24, 2.45) is 0 Å². The van der Waals surface area contributed by atoms with Crippen LogP contribution in [0.15, 0.2) is 47.0 Å². The zero-order valence-electron chi connectivity index (χ0n) is 11.1. The minimum Gasteiger partial charge on any atom is -0.478 e. The van der Waals surface area contributed by atoms with Crippen molar-refractivity contribution in [2.75, 3.05) is 0 Å². The lowest BCUT2D eigenvalue weighted by atomic mass is 10.2. The van der Waals surface area contributed by atoms with Gasteiger partial charge in [-0.25, -0.2) is 13.9 Å². The zero-order valence-corrected chi connectivity index (χ0v) is 11.1. The standard InChI is InChI=1S/C15H11FN2O3/c1-9-5-6-13(21-9)14-12(15(19)20)8-18(17-14)11-4-2-3-10(16)7-11/h2-8H,1H3,(H,19,20). The SMILES string of the molecule is Cc1ccc(-c2nn(-c3cccc(F)c3)cc2C(=O)O)o1. The van der Waals surface area contributed by atoms with Crippen molar-refractivity contribution in [2.45, 2.75) is 6.92 Å². The first-order valence-electron chi connectivity index (χ1n) is 6.20. The molecule has 106 valence electrons. The molecule has 1 aromatic carbocycles. The van der Waals surface area contributed by atoms with Crippen molar-refractivity contribution in [1.29, 1.82) is 0 Å². The number of halogens is 1. The van der Waals surface area contributed by atoms with E-state index in [9.17, 15) is 14.3 Å². The predicted octanol–water partition coefficient (Wildman–Crippen LogP) is 3.28. The summed E-state index contributed by atoms with van der Waals surface area (Å²) < 4.78 is 20.0. The molecule has 0 radical (unpaired) electrons. The molecule has 0 spiro atoms. The van der Waals surface area contributed by atoms with Crippen molar-refractivity contribution in [3.05, 3.63) is 59.7 Å². The minimum atomic E-state index is -1.12. The van der Waals surface area contributed by atoms with E-state index in [-0.39, 0.29) is 11.3 Å². The highest BCUT2D eigenvalue weighted by Crippen LogP contribution is 2.25. The summed E-state index contributed by atoms with van der Waals surface area (Å²) in [4.78, 5) is 11.3. The summed E-state index contributed by atoms with van der Waals surface area (Å²) >= 11 is 0. The van der Waals surface area contributed by atoms with Gasteiger partial charge in [-0.1, -0.05) is 6.07 Å². The summed E-state index contributed by atoms with van der Waals surface area (Å²) in [5.74, 6) is -0.529. The van der Waals surface area contributed by atoms with Crippen LogP contribution in [-0.4, -0.2) is 20.9 Å². The fourth-order valence-corrected chi connectivity index (χ4v) is 2.03. The molecule has 6 heteroatoms. The Bertz CT molecular complexity index is 820. The molecular weight excluding hydrogens is 275 g/mol. The van der Waals surface area contributed by atoms with Crippen LogP contribution in [0, 0.1) is 12.7 Å². The number of furan rings is 1. The average molecular weight is 286 g/mol. The molecule has 2 heterocycles. The van der Waals surface area contributed by atoms with Crippen molar-refractivity contribution in [3.8, 4) is 17.1 Å². The fourth-order valence-electron chi connectivity index (χ4n) is 2.03. The van der Waals surface area contributed by atoms with E-state index in [2.05, 4.69) is 5.10 Å². The summed E-state index contributed by atoms with van der Waals surface area (Å²) in [5, 5.41) is 13.5. The van der Waals surface area contributed by atoms with E-state index in [0.717, 1.165) is 0 Å². The van der Waals surface area contributed by atoms with E-state index in [1.807, 2.05) is 0 Å². The molecule has 3 aromatic rings. The molecule has 0 aliphatic carbocycles. The predicted molar refractivity (Wildman–Crippen MR) is 72.9 cm³/mol. The highest BCUT2D eigenvalue weighted by Gasteiger charge is 2.20. The number of aromatic nitrogens is 2. The van der Waals surface area contributed by atoms with Crippen LogP contribution in [0.1, 0.15) is 16.1 Å². The summed E-state index contributed by atoms with van der Waals surface area (Å²) in [6, 6.07) is 9.13. The molecule has 0 unspecified atom stereocenters. The second kappa shape index (κ2) is 4.90. The summed E-state index contributed by atoms with van der Waals surface area (Å²) in [7, 11) is 0. The largest absolute Gasteiger partial charge is 0.478 e. The topological polar surface area (TPSA) is 68.3 Å². The Balaban J connectivity index is 2.15. The number of carboxylic acids is 1. The molecule has 5 nitrogen and oxygen atoms in total. The Morgan fingerprint density at radius 3 is 2.76 bits per heavy atom. The lowest BCUT2D eigenvalue weighted by molar-refractivity contribution is 0.0697. The first-order valence-corrected chi connectivity index (χ1v) is 6.20. The first-order chi connectivity index (χ1) is 10.0. The molecule has 0 atom stereocenters. The van der Waals surface area contributed by atoms with Crippen molar-refractivity contribution in [1.82, 2.24) is 9.78 Å². The second-order valence-electron chi connectivity index (χ2n) is 4.53. The Hall–Kier alpha value is -2.89. The number of hydrogen-bond acceptors (Lipinski definition) is 3. The van der Waals surface area contributed by atoms with Gasteiger partial charge in [-0.2, -0.15) is 5.10 Å². The zero-order chi connectivity index (χ0) is 15.0. The molecule has 1 N–H and O–H groups in total. The van der Waals surface area contributed by atoms with Crippen molar-refractivity contribution < 1.29 is 18.7 Å². The van der Waals surface area contributed by atoms with Gasteiger partial charge in [0.05, 0.1) is 5.69 Å². The van der Waals surface area contributed by atoms with Gasteiger partial charge < -0.3 is 9.52 Å². The van der Waals surface area contributed by atoms with Gasteiger partial charge in [-0.15, -0.1) is 0 Å². The van der Waals surface area contributed by atoms with E-state index in [0.29, 0.717) is 17.2 Å². The molecule has 0 amide bonds. The number of nitrogens with zero attached hydrogens (tertiary/aromatic N) is 2. The average Bonchev–Trinajstić information content (AvgIpc) is 3.04. The number of carboxylic acid groups (broad SMARTS) is 1. The van der Waals surface area contributed by atoms with Gasteiger partial charge >= 0.3 is 5.97 Å². The third-order valence-corrected chi connectivity index (χ3v) is 2.99. The highest BCUT2D eigenvalue weighted by atomic mass is 19.1. The van der Waals surface area contributed by atoms with Crippen molar-refractivity contribution >= 4 is 5.97 Å². The number of aromatic carboxylic acids is 1. The van der Waals surface area contributed by atoms with Gasteiger partial charge in [0.25, 0.3) is 0 Å². The smallest absolute Gasteiger partial charge is 0.339 e. The Kier molecular flexibility index (Phi) is 3.06. The fraction of sp³-hybridized carbons (Fsp3) is 0.0667. The first kappa shape index (κ1) is 13.1. The molecule has 21 heavy (non-hydrogen) atoms. The van der Waals surface area contributed by atoms with Crippen LogP contribution < -0.4 is 0 Å². The van der Waals surface area contributed by atoms with Crippen LogP contribution in [0.2, 0.25) is 0 Å². The lowest BCUT2D eigenvalue weighted by Gasteiger charge is -2.00. The van der Waals surface area contributed by atoms with Crippen LogP contribution in [0.25, 0.3) is 17.1 Å². The third-order valence-electron chi connectivity index (χ3n) is 2.99. The lowest BCUT2D eigenvalue weighted by Crippen LogP contribution is -1.96. The molecule has 0 saturated heterocycles. The number of carbonyl (C=O) groups is 1. The van der Waals surface area contributed by atoms with Gasteiger partial charge in [0.15, 0.2) is 5.76 Å². The van der Waals surface area contributed by atoms with E-state index in [1.165, 1.54) is 29.1 Å². The van der Waals surface area contributed by atoms with E-state index >= 15 is 0 Å². The van der Waals surface area contributed by atoms with Gasteiger partial charge in [0, 0.05) is 6.20 Å². The molecule has 0 bridgehead atoms. The summed E-state index contributed by atoms with van der Waals surface area (Å²) in [5.41, 5.74) is 0.639. The second-order valence-corrected chi connectivity index (χ2v) is 4.53. The monoisotopic (exact) mass is 286 g/mol. The summed E-state index contributed by atoms with van der Waals surface area (Å²) in [6.07, 6.45) is 1.34. The maximum atomic E-state index is 13.3. The van der Waals surface area contributed by atoms with E-state index in [1.54, 1.807) is 25.1 Å². The van der Waals surface area contributed by atoms with Crippen LogP contribution >= 0.6 is 0 Å². The van der Waals surface area contributed by atoms with Crippen LogP contribution in [-0.2, 0) is 0 Å². The highest BCUT2D eigenvalue weighted by molar-refractivity contribution is 5.94. The maximum absolute atomic E-state index is 13.3. The number of aryl methyl sites for hydroxylation is 1. The molecule has 0 aliphatic rings. The maximum Gasteiger partial charge on any atom is 0.339 e. The molecule has 0 saturated carbocycles. The van der Waals surface area contributed by atoms with Crippen LogP contribution in [0.3, 0.4) is 0 Å². The number of benzene rings is 1. The molecular formula is C15H11FN2O3. The van der Waals surface area contributed by atoms with Gasteiger partial charge in [-0.3, -0.25) is 0 Å². The van der Waals surface area contributed by atoms with Crippen molar-refractivity contribution in [3.63, 3.8) is 0 Å².